The van der Waals surface area contributed by atoms with E-state index in [1.807, 2.05) is 6.07 Å². The maximum Gasteiger partial charge on any atom is 0.123 e. The summed E-state index contributed by atoms with van der Waals surface area (Å²) in [6, 6.07) is 17.7. The molecule has 2 aromatic rings. The Kier molecular flexibility index (Phi) is 6.42. The minimum Gasteiger partial charge on any atom is -0.489 e. The van der Waals surface area contributed by atoms with E-state index >= 15 is 0 Å². The minimum absolute atomic E-state index is 0.278. The van der Waals surface area contributed by atoms with Crippen LogP contribution in [0, 0.1) is 34.5 Å². The molecule has 2 nitrogen and oxygen atoms in total. The van der Waals surface area contributed by atoms with Gasteiger partial charge < -0.3 is 4.74 Å². The van der Waals surface area contributed by atoms with Crippen molar-refractivity contribution in [1.82, 2.24) is 0 Å². The van der Waals surface area contributed by atoms with Crippen LogP contribution in [-0.2, 0) is 19.4 Å². The van der Waals surface area contributed by atoms with E-state index in [1.54, 1.807) is 5.56 Å². The highest BCUT2D eigenvalue weighted by atomic mass is 16.5. The van der Waals surface area contributed by atoms with Gasteiger partial charge in [-0.15, -0.1) is 0 Å². The summed E-state index contributed by atoms with van der Waals surface area (Å²) >= 11 is 0. The number of rotatable bonds is 6. The molecular weight excluding hydrogens is 378 g/mol. The number of benzene rings is 2. The molecule has 1 saturated carbocycles. The third kappa shape index (κ3) is 4.12. The van der Waals surface area contributed by atoms with Gasteiger partial charge in [0.1, 0.15) is 12.4 Å². The maximum absolute atomic E-state index is 9.27. The van der Waals surface area contributed by atoms with Gasteiger partial charge in [0.15, 0.2) is 0 Å². The quantitative estimate of drug-likeness (QED) is 0.490. The van der Waals surface area contributed by atoms with Crippen LogP contribution < -0.4 is 4.74 Å². The molecule has 0 heterocycles. The highest BCUT2D eigenvalue weighted by Gasteiger charge is 2.48. The van der Waals surface area contributed by atoms with Crippen molar-refractivity contribution in [3.8, 4) is 11.8 Å². The normalized spacial score (nSPS) is 28.2. The summed E-state index contributed by atoms with van der Waals surface area (Å²) in [7, 11) is 0. The first kappa shape index (κ1) is 21.9. The lowest BCUT2D eigenvalue weighted by Gasteiger charge is -2.53. The minimum atomic E-state index is 0.278. The molecule has 0 radical (unpaired) electrons. The van der Waals surface area contributed by atoms with E-state index in [0.717, 1.165) is 24.5 Å². The molecule has 0 amide bonds. The molecular formula is C29H37NO. The number of aryl methyl sites for hydroxylation is 2. The molecule has 0 N–H and O–H groups in total. The molecule has 0 aliphatic heterocycles. The van der Waals surface area contributed by atoms with Crippen molar-refractivity contribution in [3.05, 3.63) is 64.7 Å². The Bertz CT molecular complexity index is 943. The molecule has 0 bridgehead atoms. The van der Waals surface area contributed by atoms with E-state index in [2.05, 4.69) is 70.2 Å². The van der Waals surface area contributed by atoms with Gasteiger partial charge >= 0.3 is 0 Å². The van der Waals surface area contributed by atoms with E-state index in [4.69, 9.17) is 4.74 Å². The zero-order valence-corrected chi connectivity index (χ0v) is 19.7. The summed E-state index contributed by atoms with van der Waals surface area (Å²) < 4.78 is 6.30. The van der Waals surface area contributed by atoms with Crippen LogP contribution in [-0.4, -0.2) is 0 Å². The van der Waals surface area contributed by atoms with E-state index < -0.39 is 0 Å². The predicted octanol–water partition coefficient (Wildman–Crippen LogP) is 7.46. The topological polar surface area (TPSA) is 33.0 Å². The third-order valence-corrected chi connectivity index (χ3v) is 8.80. The Morgan fingerprint density at radius 2 is 1.97 bits per heavy atom. The lowest BCUT2D eigenvalue weighted by molar-refractivity contribution is 0.00151. The van der Waals surface area contributed by atoms with Crippen molar-refractivity contribution in [2.24, 2.45) is 23.2 Å². The van der Waals surface area contributed by atoms with E-state index in [-0.39, 0.29) is 5.41 Å². The zero-order chi connectivity index (χ0) is 22.0. The fourth-order valence-corrected chi connectivity index (χ4v) is 6.36. The first-order valence-electron chi connectivity index (χ1n) is 12.2. The fourth-order valence-electron chi connectivity index (χ4n) is 6.36. The SMILES string of the molecule is CCc1cc2c(cc1OCc1ccccc1)CCC1C2CCC(C)(C(C)CC#N)C1C. The van der Waals surface area contributed by atoms with E-state index in [1.165, 1.54) is 36.0 Å². The van der Waals surface area contributed by atoms with Crippen LogP contribution >= 0.6 is 0 Å². The number of nitrogens with zero attached hydrogens (tertiary/aromatic N) is 1. The van der Waals surface area contributed by atoms with Gasteiger partial charge in [0, 0.05) is 6.42 Å². The van der Waals surface area contributed by atoms with Gasteiger partial charge in [-0.05, 0) is 89.5 Å². The average Bonchev–Trinajstić information content (AvgIpc) is 2.80. The summed E-state index contributed by atoms with van der Waals surface area (Å²) in [6.07, 6.45) is 6.57. The summed E-state index contributed by atoms with van der Waals surface area (Å²) in [5.74, 6) is 3.58. The lowest BCUT2D eigenvalue weighted by Crippen LogP contribution is -2.44. The Labute approximate surface area is 188 Å². The van der Waals surface area contributed by atoms with Gasteiger partial charge in [0.05, 0.1) is 6.07 Å². The Balaban J connectivity index is 1.57. The van der Waals surface area contributed by atoms with Gasteiger partial charge in [-0.1, -0.05) is 64.1 Å². The highest BCUT2D eigenvalue weighted by Crippen LogP contribution is 2.57. The van der Waals surface area contributed by atoms with Gasteiger partial charge in [0.2, 0.25) is 0 Å². The summed E-state index contributed by atoms with van der Waals surface area (Å²) in [6.45, 7) is 10.1. The lowest BCUT2D eigenvalue weighted by atomic mass is 9.52. The van der Waals surface area contributed by atoms with Crippen molar-refractivity contribution >= 4 is 0 Å². The molecule has 164 valence electrons. The van der Waals surface area contributed by atoms with Gasteiger partial charge in [0.25, 0.3) is 0 Å². The second-order valence-electron chi connectivity index (χ2n) is 10.2. The Hall–Kier alpha value is -2.27. The predicted molar refractivity (Wildman–Crippen MR) is 127 cm³/mol. The van der Waals surface area contributed by atoms with E-state index in [0.29, 0.717) is 30.8 Å². The summed E-state index contributed by atoms with van der Waals surface area (Å²) in [4.78, 5) is 0. The zero-order valence-electron chi connectivity index (χ0n) is 19.7. The molecule has 0 spiro atoms. The molecule has 31 heavy (non-hydrogen) atoms. The number of ether oxygens (including phenoxy) is 1. The van der Waals surface area contributed by atoms with Crippen molar-refractivity contribution in [1.29, 1.82) is 5.26 Å². The van der Waals surface area contributed by atoms with Crippen LogP contribution in [0.4, 0.5) is 0 Å². The van der Waals surface area contributed by atoms with Gasteiger partial charge in [-0.3, -0.25) is 0 Å². The Morgan fingerprint density at radius 3 is 2.68 bits per heavy atom. The first-order valence-corrected chi connectivity index (χ1v) is 12.2. The molecule has 0 saturated heterocycles. The first-order chi connectivity index (χ1) is 15.0. The van der Waals surface area contributed by atoms with Crippen molar-refractivity contribution in [2.75, 3.05) is 0 Å². The van der Waals surface area contributed by atoms with Gasteiger partial charge in [-0.2, -0.15) is 5.26 Å². The third-order valence-electron chi connectivity index (χ3n) is 8.80. The van der Waals surface area contributed by atoms with Crippen LogP contribution in [0.5, 0.6) is 5.75 Å². The summed E-state index contributed by atoms with van der Waals surface area (Å²) in [5.41, 5.74) is 5.92. The number of fused-ring (bicyclic) bond motifs is 3. The standard InChI is InChI=1S/C29H37NO/c1-5-23-17-27-24(18-28(23)31-19-22-9-7-6-8-10-22)11-12-25-21(3)29(4,15-13-26(25)27)20(2)14-16-30/h6-10,17-18,20-21,25-26H,5,11-15,19H2,1-4H3. The molecule has 5 unspecified atom stereocenters. The maximum atomic E-state index is 9.27. The average molecular weight is 416 g/mol. The molecule has 2 aliphatic rings. The molecule has 2 aliphatic carbocycles. The second kappa shape index (κ2) is 9.07. The molecule has 1 fully saturated rings. The summed E-state index contributed by atoms with van der Waals surface area (Å²) in [5, 5.41) is 9.27. The highest BCUT2D eigenvalue weighted by molar-refractivity contribution is 5.46. The van der Waals surface area contributed by atoms with Crippen LogP contribution in [0.2, 0.25) is 0 Å². The molecule has 5 atom stereocenters. The number of nitriles is 1. The Morgan fingerprint density at radius 1 is 1.19 bits per heavy atom. The van der Waals surface area contributed by atoms with Crippen LogP contribution in [0.1, 0.15) is 81.5 Å². The largest absolute Gasteiger partial charge is 0.489 e. The van der Waals surface area contributed by atoms with Gasteiger partial charge in [-0.25, -0.2) is 0 Å². The van der Waals surface area contributed by atoms with Crippen molar-refractivity contribution in [3.63, 3.8) is 0 Å². The smallest absolute Gasteiger partial charge is 0.123 e. The monoisotopic (exact) mass is 415 g/mol. The molecule has 0 aromatic heterocycles. The van der Waals surface area contributed by atoms with Crippen molar-refractivity contribution in [2.45, 2.75) is 78.7 Å². The molecule has 2 aromatic carbocycles. The fraction of sp³-hybridized carbons (Fsp3) is 0.552. The van der Waals surface area contributed by atoms with Crippen LogP contribution in [0.25, 0.3) is 0 Å². The molecule has 4 rings (SSSR count). The second-order valence-corrected chi connectivity index (χ2v) is 10.2. The number of hydrogen-bond donors (Lipinski definition) is 0. The van der Waals surface area contributed by atoms with Crippen LogP contribution in [0.3, 0.4) is 0 Å². The molecule has 2 heteroatoms. The number of hydrogen-bond acceptors (Lipinski definition) is 2. The van der Waals surface area contributed by atoms with Crippen molar-refractivity contribution < 1.29 is 4.74 Å². The van der Waals surface area contributed by atoms with Crippen LogP contribution in [0.15, 0.2) is 42.5 Å². The van der Waals surface area contributed by atoms with E-state index in [9.17, 15) is 5.26 Å².